The van der Waals surface area contributed by atoms with Crippen molar-refractivity contribution >= 4 is 34.8 Å². The Morgan fingerprint density at radius 2 is 2.00 bits per heavy atom. The Kier molecular flexibility index (Phi) is 3.47. The number of thiophene rings is 1. The Labute approximate surface area is 130 Å². The monoisotopic (exact) mass is 321 g/mol. The fourth-order valence-electron chi connectivity index (χ4n) is 2.39. The van der Waals surface area contributed by atoms with E-state index in [4.69, 9.17) is 16.7 Å². The second-order valence-electron chi connectivity index (χ2n) is 5.01. The van der Waals surface area contributed by atoms with Crippen LogP contribution in [0, 0.1) is 6.92 Å². The molecule has 0 aliphatic carbocycles. The van der Waals surface area contributed by atoms with Crippen LogP contribution < -0.4 is 0 Å². The van der Waals surface area contributed by atoms with E-state index in [1.807, 2.05) is 12.3 Å². The molecule has 0 bridgehead atoms. The zero-order chi connectivity index (χ0) is 15.1. The highest BCUT2D eigenvalue weighted by Crippen LogP contribution is 2.31. The number of aryl methyl sites for hydroxylation is 1. The minimum Gasteiger partial charge on any atom is -0.478 e. The van der Waals surface area contributed by atoms with E-state index in [2.05, 4.69) is 0 Å². The van der Waals surface area contributed by atoms with Crippen molar-refractivity contribution in [1.82, 2.24) is 4.90 Å². The molecule has 0 radical (unpaired) electrons. The molecule has 1 aliphatic rings. The second-order valence-corrected chi connectivity index (χ2v) is 6.27. The van der Waals surface area contributed by atoms with Gasteiger partial charge in [-0.2, -0.15) is 0 Å². The smallest absolute Gasteiger partial charge is 0.335 e. The molecule has 0 saturated carbocycles. The maximum atomic E-state index is 12.5. The molecule has 2 heterocycles. The summed E-state index contributed by atoms with van der Waals surface area (Å²) in [5.41, 5.74) is 3.01. The predicted molar refractivity (Wildman–Crippen MR) is 81.0 cm³/mol. The molecule has 108 valence electrons. The largest absolute Gasteiger partial charge is 0.478 e. The van der Waals surface area contributed by atoms with E-state index in [1.165, 1.54) is 11.3 Å². The first kappa shape index (κ1) is 14.1. The number of hydrogen-bond donors (Lipinski definition) is 1. The molecule has 3 rings (SSSR count). The lowest BCUT2D eigenvalue weighted by Crippen LogP contribution is -2.24. The summed E-state index contributed by atoms with van der Waals surface area (Å²) >= 11 is 7.49. The molecule has 1 aliphatic heterocycles. The van der Waals surface area contributed by atoms with Crippen LogP contribution in [0.5, 0.6) is 0 Å². The third-order valence-electron chi connectivity index (χ3n) is 3.56. The van der Waals surface area contributed by atoms with Gasteiger partial charge in [-0.1, -0.05) is 17.7 Å². The summed E-state index contributed by atoms with van der Waals surface area (Å²) in [6.07, 6.45) is 0. The van der Waals surface area contributed by atoms with Crippen molar-refractivity contribution in [1.29, 1.82) is 0 Å². The first-order chi connectivity index (χ1) is 9.97. The number of carbonyl (C=O) groups is 2. The summed E-state index contributed by atoms with van der Waals surface area (Å²) in [5, 5.41) is 11.4. The zero-order valence-corrected chi connectivity index (χ0v) is 12.8. The molecule has 0 saturated heterocycles. The Morgan fingerprint density at radius 1 is 1.29 bits per heavy atom. The van der Waals surface area contributed by atoms with E-state index < -0.39 is 5.97 Å². The summed E-state index contributed by atoms with van der Waals surface area (Å²) in [4.78, 5) is 25.7. The van der Waals surface area contributed by atoms with Crippen molar-refractivity contribution in [2.24, 2.45) is 0 Å². The average Bonchev–Trinajstić information content (AvgIpc) is 3.02. The van der Waals surface area contributed by atoms with Gasteiger partial charge in [0.25, 0.3) is 5.91 Å². The molecule has 2 aromatic rings. The van der Waals surface area contributed by atoms with Crippen molar-refractivity contribution in [3.63, 3.8) is 0 Å². The minimum atomic E-state index is -0.959. The van der Waals surface area contributed by atoms with E-state index in [0.29, 0.717) is 23.0 Å². The van der Waals surface area contributed by atoms with E-state index >= 15 is 0 Å². The van der Waals surface area contributed by atoms with Crippen LogP contribution >= 0.6 is 22.9 Å². The number of carboxylic acids is 1. The highest BCUT2D eigenvalue weighted by Gasteiger charge is 2.27. The summed E-state index contributed by atoms with van der Waals surface area (Å²) in [7, 11) is 0. The number of carboxylic acid groups (broad SMARTS) is 1. The molecule has 1 aromatic heterocycles. The molecule has 6 heteroatoms. The van der Waals surface area contributed by atoms with Gasteiger partial charge in [-0.25, -0.2) is 4.79 Å². The second kappa shape index (κ2) is 5.16. The minimum absolute atomic E-state index is 0.105. The summed E-state index contributed by atoms with van der Waals surface area (Å²) < 4.78 is 0. The zero-order valence-electron chi connectivity index (χ0n) is 11.2. The molecule has 1 N–H and O–H groups in total. The fraction of sp³-hybridized carbons (Fsp3) is 0.200. The topological polar surface area (TPSA) is 57.6 Å². The molecular formula is C15H12ClNO3S. The molecule has 21 heavy (non-hydrogen) atoms. The number of halogens is 1. The van der Waals surface area contributed by atoms with Gasteiger partial charge in [0.2, 0.25) is 0 Å². The van der Waals surface area contributed by atoms with E-state index in [0.717, 1.165) is 16.7 Å². The van der Waals surface area contributed by atoms with Crippen molar-refractivity contribution in [3.8, 4) is 0 Å². The third-order valence-corrected chi connectivity index (χ3v) is 5.24. The molecule has 0 atom stereocenters. The highest BCUT2D eigenvalue weighted by molar-refractivity contribution is 7.13. The summed E-state index contributed by atoms with van der Waals surface area (Å²) in [6, 6.07) is 4.97. The predicted octanol–water partition coefficient (Wildman–Crippen LogP) is 3.56. The van der Waals surface area contributed by atoms with Crippen LogP contribution in [0.4, 0.5) is 0 Å². The van der Waals surface area contributed by atoms with Crippen molar-refractivity contribution in [3.05, 3.63) is 55.7 Å². The Balaban J connectivity index is 1.86. The van der Waals surface area contributed by atoms with Gasteiger partial charge >= 0.3 is 5.97 Å². The summed E-state index contributed by atoms with van der Waals surface area (Å²) in [6.45, 7) is 2.78. The normalized spacial score (nSPS) is 13.3. The number of fused-ring (bicyclic) bond motifs is 1. The van der Waals surface area contributed by atoms with Crippen molar-refractivity contribution in [2.45, 2.75) is 20.0 Å². The molecule has 0 fully saturated rings. The maximum absolute atomic E-state index is 12.5. The van der Waals surface area contributed by atoms with Gasteiger partial charge in [0.15, 0.2) is 0 Å². The molecule has 0 spiro atoms. The van der Waals surface area contributed by atoms with E-state index in [-0.39, 0.29) is 11.5 Å². The van der Waals surface area contributed by atoms with Crippen LogP contribution in [0.15, 0.2) is 23.6 Å². The lowest BCUT2D eigenvalue weighted by molar-refractivity contribution is 0.0696. The van der Waals surface area contributed by atoms with Crippen molar-refractivity contribution < 1.29 is 14.7 Å². The van der Waals surface area contributed by atoms with Gasteiger partial charge in [0.1, 0.15) is 4.88 Å². The first-order valence-corrected chi connectivity index (χ1v) is 7.61. The first-order valence-electron chi connectivity index (χ1n) is 6.35. The molecular weight excluding hydrogens is 310 g/mol. The molecule has 1 aromatic carbocycles. The van der Waals surface area contributed by atoms with Gasteiger partial charge < -0.3 is 10.0 Å². The van der Waals surface area contributed by atoms with Gasteiger partial charge in [0, 0.05) is 13.1 Å². The lowest BCUT2D eigenvalue weighted by Gasteiger charge is -2.14. The highest BCUT2D eigenvalue weighted by atomic mass is 35.5. The quantitative estimate of drug-likeness (QED) is 0.920. The number of nitrogens with zero attached hydrogens (tertiary/aromatic N) is 1. The number of hydrogen-bond acceptors (Lipinski definition) is 3. The molecule has 4 nitrogen and oxygen atoms in total. The van der Waals surface area contributed by atoms with E-state index in [1.54, 1.807) is 23.1 Å². The van der Waals surface area contributed by atoms with Crippen LogP contribution in [-0.4, -0.2) is 21.9 Å². The third kappa shape index (κ3) is 2.43. The standard InChI is InChI=1S/C15H12ClNO3S/c1-8-7-21-13(12(8)16)14(18)17-5-10-3-2-9(15(19)20)4-11(10)6-17/h2-4,7H,5-6H2,1H3,(H,19,20). The number of carbonyl (C=O) groups excluding carboxylic acids is 1. The summed E-state index contributed by atoms with van der Waals surface area (Å²) in [5.74, 6) is -1.06. The average molecular weight is 322 g/mol. The Bertz CT molecular complexity index is 753. The maximum Gasteiger partial charge on any atom is 0.335 e. The van der Waals surface area contributed by atoms with Gasteiger partial charge in [-0.15, -0.1) is 11.3 Å². The van der Waals surface area contributed by atoms with Crippen LogP contribution in [0.1, 0.15) is 36.7 Å². The molecule has 1 amide bonds. The van der Waals surface area contributed by atoms with Gasteiger partial charge in [-0.3, -0.25) is 4.79 Å². The van der Waals surface area contributed by atoms with Crippen LogP contribution in [-0.2, 0) is 13.1 Å². The Morgan fingerprint density at radius 3 is 2.62 bits per heavy atom. The van der Waals surface area contributed by atoms with Crippen LogP contribution in [0.2, 0.25) is 5.02 Å². The van der Waals surface area contributed by atoms with Gasteiger partial charge in [-0.05, 0) is 41.1 Å². The number of aromatic carboxylic acids is 1. The Hall–Kier alpha value is -1.85. The SMILES string of the molecule is Cc1csc(C(=O)N2Cc3ccc(C(=O)O)cc3C2)c1Cl. The lowest BCUT2D eigenvalue weighted by atomic mass is 10.1. The van der Waals surface area contributed by atoms with Gasteiger partial charge in [0.05, 0.1) is 10.6 Å². The number of benzene rings is 1. The molecule has 0 unspecified atom stereocenters. The van der Waals surface area contributed by atoms with Crippen LogP contribution in [0.25, 0.3) is 0 Å². The van der Waals surface area contributed by atoms with E-state index in [9.17, 15) is 9.59 Å². The van der Waals surface area contributed by atoms with Crippen molar-refractivity contribution in [2.75, 3.05) is 0 Å². The number of amides is 1. The number of rotatable bonds is 2. The van der Waals surface area contributed by atoms with Crippen LogP contribution in [0.3, 0.4) is 0 Å². The fourth-order valence-corrected chi connectivity index (χ4v) is 3.63.